The Labute approximate surface area is 113 Å². The monoisotopic (exact) mass is 282 g/mol. The van der Waals surface area contributed by atoms with Gasteiger partial charge in [-0.3, -0.25) is 11.5 Å². The molecule has 0 aromatic rings. The molecule has 0 rings (SSSR count). The molecular weight excluding hydrogens is 256 g/mol. The van der Waals surface area contributed by atoms with Crippen molar-refractivity contribution in [2.45, 2.75) is 12.3 Å². The maximum Gasteiger partial charge on any atom is 0.378 e. The zero-order chi connectivity index (χ0) is 15.3. The maximum absolute atomic E-state index is 10.2. The van der Waals surface area contributed by atoms with Crippen LogP contribution < -0.4 is 11.5 Å². The molecule has 0 radical (unpaired) electrons. The predicted molar refractivity (Wildman–Crippen MR) is 68.0 cm³/mol. The summed E-state index contributed by atoms with van der Waals surface area (Å²) in [6.45, 7) is 0. The van der Waals surface area contributed by atoms with Crippen LogP contribution in [0.3, 0.4) is 0 Å². The summed E-state index contributed by atoms with van der Waals surface area (Å²) in [7, 11) is 10.4. The van der Waals surface area contributed by atoms with Crippen LogP contribution in [0.5, 0.6) is 0 Å². The smallest absolute Gasteiger partial charge is 0.378 e. The number of carboxylic acids is 2. The zero-order valence-corrected chi connectivity index (χ0v) is 12.3. The number of carbonyl (C=O) groups is 2. The summed E-state index contributed by atoms with van der Waals surface area (Å²) in [4.78, 5) is 20.4. The fourth-order valence-electron chi connectivity index (χ4n) is 0.663. The molecule has 0 spiro atoms. The first kappa shape index (κ1) is 22.9. The molecule has 0 saturated heterocycles. The van der Waals surface area contributed by atoms with Gasteiger partial charge >= 0.3 is 11.9 Å². The summed E-state index contributed by atoms with van der Waals surface area (Å²) in [5.74, 6) is -1.94. The van der Waals surface area contributed by atoms with Crippen LogP contribution >= 0.6 is 0 Å². The largest absolute Gasteiger partial charge is 2.00 e. The normalized spacial score (nSPS) is 14.3. The Balaban J connectivity index is -0.000000256. The Kier molecular flexibility index (Phi) is 9.66. The number of nitrogens with zero attached hydrogens (tertiary/aromatic N) is 2. The summed E-state index contributed by atoms with van der Waals surface area (Å²) in [5.41, 5.74) is 10.5. The maximum atomic E-state index is 10.2. The molecule has 19 heavy (non-hydrogen) atoms. The highest BCUT2D eigenvalue weighted by molar-refractivity contribution is 5.71. The second-order valence-electron chi connectivity index (χ2n) is 5.80. The Morgan fingerprint density at radius 1 is 0.789 bits per heavy atom. The van der Waals surface area contributed by atoms with Gasteiger partial charge in [0.25, 0.3) is 0 Å². The molecule has 2 unspecified atom stereocenters. The number of hydrogen-bond acceptors (Lipinski definition) is 4. The van der Waals surface area contributed by atoms with E-state index in [1.165, 1.54) is 0 Å². The molecule has 0 fully saturated rings. The van der Waals surface area contributed by atoms with Gasteiger partial charge in [-0.25, -0.2) is 9.59 Å². The minimum Gasteiger partial charge on any atom is -2.00 e. The Hall–Kier alpha value is -1.26. The highest BCUT2D eigenvalue weighted by Crippen LogP contribution is 1.95. The number of aliphatic carboxylic acids is 2. The van der Waals surface area contributed by atoms with E-state index >= 15 is 0 Å². The molecule has 0 saturated carbocycles. The molecule has 0 aliphatic carbocycles. The molecule has 0 aromatic heterocycles. The van der Waals surface area contributed by atoms with E-state index in [4.69, 9.17) is 21.7 Å². The number of rotatable bonds is 4. The van der Waals surface area contributed by atoms with Gasteiger partial charge in [-0.2, -0.15) is 0 Å². The molecule has 0 bridgehead atoms. The molecule has 2 atom stereocenters. The molecule has 9 nitrogen and oxygen atoms in total. The molecule has 6 N–H and O–H groups in total. The summed E-state index contributed by atoms with van der Waals surface area (Å²) < 4.78 is 0.491. The number of carboxylic acid groups (broad SMARTS) is 2. The lowest BCUT2D eigenvalue weighted by molar-refractivity contribution is -0.887. The lowest BCUT2D eigenvalue weighted by Crippen LogP contribution is -2.55. The van der Waals surface area contributed by atoms with Crippen molar-refractivity contribution < 1.29 is 34.2 Å². The van der Waals surface area contributed by atoms with Crippen LogP contribution in [0.25, 0.3) is 0 Å². The fourth-order valence-corrected chi connectivity index (χ4v) is 0.663. The first-order valence-electron chi connectivity index (χ1n) is 5.30. The van der Waals surface area contributed by atoms with Gasteiger partial charge in [-0.05, 0) is 0 Å². The average Bonchev–Trinajstić information content (AvgIpc) is 2.13. The van der Waals surface area contributed by atoms with Gasteiger partial charge in [-0.15, -0.1) is 0 Å². The standard InChI is InChI=1S/2C5H12N2O2.O/c2*1-7(2,3)4(6)5(8)9;/h2*4H,6H2,1-3H3;/q;;-2/p+2. The molecule has 9 heteroatoms. The van der Waals surface area contributed by atoms with E-state index in [0.717, 1.165) is 0 Å². The van der Waals surface area contributed by atoms with E-state index in [0.29, 0.717) is 0 Å². The van der Waals surface area contributed by atoms with Crippen molar-refractivity contribution in [3.8, 4) is 0 Å². The highest BCUT2D eigenvalue weighted by atomic mass is 16.4. The summed E-state index contributed by atoms with van der Waals surface area (Å²) >= 11 is 0. The van der Waals surface area contributed by atoms with Gasteiger partial charge in [0.2, 0.25) is 12.3 Å². The highest BCUT2D eigenvalue weighted by Gasteiger charge is 2.26. The molecular formula is C10H26N4O5. The van der Waals surface area contributed by atoms with Crippen molar-refractivity contribution in [2.75, 3.05) is 42.3 Å². The van der Waals surface area contributed by atoms with Crippen molar-refractivity contribution in [3.63, 3.8) is 0 Å². The SMILES string of the molecule is C[N+](C)(C)C(N)C(=O)O.C[N+](C)(C)C(N)C(=O)O.[O-2]. The van der Waals surface area contributed by atoms with Crippen molar-refractivity contribution in [1.29, 1.82) is 0 Å². The van der Waals surface area contributed by atoms with E-state index in [9.17, 15) is 9.59 Å². The van der Waals surface area contributed by atoms with Gasteiger partial charge in [0.1, 0.15) is 0 Å². The average molecular weight is 282 g/mol. The van der Waals surface area contributed by atoms with Crippen molar-refractivity contribution in [1.82, 2.24) is 0 Å². The van der Waals surface area contributed by atoms with Crippen LogP contribution in [0.1, 0.15) is 0 Å². The summed E-state index contributed by atoms with van der Waals surface area (Å²) in [5, 5.41) is 16.8. The second-order valence-corrected chi connectivity index (χ2v) is 5.80. The molecule has 0 aliphatic rings. The van der Waals surface area contributed by atoms with E-state index in [1.54, 1.807) is 42.3 Å². The Morgan fingerprint density at radius 3 is 0.947 bits per heavy atom. The van der Waals surface area contributed by atoms with Gasteiger partial charge in [0.05, 0.1) is 42.3 Å². The lowest BCUT2D eigenvalue weighted by Gasteiger charge is -2.27. The third-order valence-electron chi connectivity index (χ3n) is 2.18. The van der Waals surface area contributed by atoms with Crippen LogP contribution in [0, 0.1) is 0 Å². The van der Waals surface area contributed by atoms with E-state index < -0.39 is 24.3 Å². The quantitative estimate of drug-likeness (QED) is 0.345. The van der Waals surface area contributed by atoms with E-state index in [-0.39, 0.29) is 14.4 Å². The minimum absolute atomic E-state index is 0. The summed E-state index contributed by atoms with van der Waals surface area (Å²) in [6, 6.07) is 0. The Morgan fingerprint density at radius 2 is 0.947 bits per heavy atom. The van der Waals surface area contributed by atoms with Crippen molar-refractivity contribution in [2.24, 2.45) is 11.5 Å². The number of hydrogen-bond donors (Lipinski definition) is 4. The number of quaternary nitrogens is 2. The number of nitrogens with two attached hydrogens (primary N) is 2. The van der Waals surface area contributed by atoms with Crippen molar-refractivity contribution in [3.05, 3.63) is 0 Å². The van der Waals surface area contributed by atoms with E-state index in [2.05, 4.69) is 0 Å². The lowest BCUT2D eigenvalue weighted by atomic mass is 10.4. The van der Waals surface area contributed by atoms with Crippen LogP contribution in [0.15, 0.2) is 0 Å². The number of likely N-dealkylation sites (N-methyl/N-ethyl adjacent to an activating group) is 2. The van der Waals surface area contributed by atoms with Crippen LogP contribution in [-0.4, -0.2) is 85.7 Å². The van der Waals surface area contributed by atoms with E-state index in [1.807, 2.05) is 0 Å². The molecule has 0 heterocycles. The van der Waals surface area contributed by atoms with Gasteiger partial charge in [-0.1, -0.05) is 0 Å². The first-order chi connectivity index (χ1) is 7.71. The molecule has 0 amide bonds. The predicted octanol–water partition coefficient (Wildman–Crippen LogP) is -1.99. The molecule has 0 aromatic carbocycles. The van der Waals surface area contributed by atoms with Crippen LogP contribution in [0.2, 0.25) is 0 Å². The van der Waals surface area contributed by atoms with Gasteiger partial charge in [0.15, 0.2) is 0 Å². The molecule has 0 aliphatic heterocycles. The van der Waals surface area contributed by atoms with Gasteiger partial charge < -0.3 is 24.7 Å². The minimum atomic E-state index is -0.970. The van der Waals surface area contributed by atoms with Gasteiger partial charge in [0, 0.05) is 0 Å². The fraction of sp³-hybridized carbons (Fsp3) is 0.800. The van der Waals surface area contributed by atoms with Crippen molar-refractivity contribution >= 4 is 11.9 Å². The molecule has 116 valence electrons. The Bertz CT molecular complexity index is 265. The first-order valence-corrected chi connectivity index (χ1v) is 5.30. The zero-order valence-electron chi connectivity index (χ0n) is 12.3. The second kappa shape index (κ2) is 8.02. The topological polar surface area (TPSA) is 155 Å². The third kappa shape index (κ3) is 10.4. The van der Waals surface area contributed by atoms with Crippen LogP contribution in [-0.2, 0) is 15.1 Å². The van der Waals surface area contributed by atoms with Crippen LogP contribution in [0.4, 0.5) is 0 Å². The summed E-state index contributed by atoms with van der Waals surface area (Å²) in [6.07, 6.45) is -1.66. The third-order valence-corrected chi connectivity index (χ3v) is 2.18.